The summed E-state index contributed by atoms with van der Waals surface area (Å²) in [4.78, 5) is 24.0. The van der Waals surface area contributed by atoms with Gasteiger partial charge in [0.05, 0.1) is 10.6 Å². The van der Waals surface area contributed by atoms with E-state index >= 15 is 0 Å². The molecular formula is C22H25BrN4O4S. The first-order valence-corrected chi connectivity index (χ1v) is 12.4. The lowest BCUT2D eigenvalue weighted by Gasteiger charge is -2.30. The Hall–Kier alpha value is -2.56. The van der Waals surface area contributed by atoms with E-state index in [2.05, 4.69) is 31.8 Å². The van der Waals surface area contributed by atoms with Crippen molar-refractivity contribution in [1.82, 2.24) is 9.73 Å². The van der Waals surface area contributed by atoms with Crippen LogP contribution in [0.1, 0.15) is 32.3 Å². The van der Waals surface area contributed by atoms with E-state index in [0.717, 1.165) is 10.0 Å². The summed E-state index contributed by atoms with van der Waals surface area (Å²) in [7, 11) is -3.58. The van der Waals surface area contributed by atoms with Crippen molar-refractivity contribution < 1.29 is 18.0 Å². The van der Waals surface area contributed by atoms with Gasteiger partial charge in [-0.2, -0.15) is 9.41 Å². The molecule has 1 saturated heterocycles. The van der Waals surface area contributed by atoms with E-state index in [1.54, 1.807) is 49.4 Å². The maximum atomic E-state index is 12.8. The molecule has 1 aliphatic heterocycles. The van der Waals surface area contributed by atoms with Crippen LogP contribution in [0, 0.1) is 5.92 Å². The number of hydrogen-bond acceptors (Lipinski definition) is 5. The van der Waals surface area contributed by atoms with Crippen LogP contribution in [-0.2, 0) is 19.6 Å². The van der Waals surface area contributed by atoms with Gasteiger partial charge in [0.2, 0.25) is 21.8 Å². The minimum Gasteiger partial charge on any atom is -0.326 e. The summed E-state index contributed by atoms with van der Waals surface area (Å²) in [5.41, 5.74) is 4.61. The molecule has 0 bridgehead atoms. The molecule has 0 atom stereocenters. The normalized spacial score (nSPS) is 15.9. The second-order valence-corrected chi connectivity index (χ2v) is 10.4. The van der Waals surface area contributed by atoms with Gasteiger partial charge in [-0.1, -0.05) is 28.1 Å². The van der Waals surface area contributed by atoms with Gasteiger partial charge in [0.15, 0.2) is 0 Å². The Morgan fingerprint density at radius 3 is 2.34 bits per heavy atom. The Balaban J connectivity index is 1.57. The van der Waals surface area contributed by atoms with Gasteiger partial charge in [-0.15, -0.1) is 0 Å². The van der Waals surface area contributed by atoms with E-state index in [9.17, 15) is 18.0 Å². The molecule has 0 aliphatic carbocycles. The van der Waals surface area contributed by atoms with Gasteiger partial charge in [-0.3, -0.25) is 9.59 Å². The highest BCUT2D eigenvalue weighted by atomic mass is 79.9. The van der Waals surface area contributed by atoms with Crippen molar-refractivity contribution in [3.63, 3.8) is 0 Å². The third-order valence-electron chi connectivity index (χ3n) is 5.21. The highest BCUT2D eigenvalue weighted by molar-refractivity contribution is 9.10. The van der Waals surface area contributed by atoms with Gasteiger partial charge in [0.25, 0.3) is 0 Å². The van der Waals surface area contributed by atoms with Crippen molar-refractivity contribution in [2.24, 2.45) is 11.0 Å². The Morgan fingerprint density at radius 1 is 1.06 bits per heavy atom. The fourth-order valence-corrected chi connectivity index (χ4v) is 5.17. The molecule has 8 nitrogen and oxygen atoms in total. The Morgan fingerprint density at radius 2 is 1.72 bits per heavy atom. The molecule has 0 radical (unpaired) electrons. The summed E-state index contributed by atoms with van der Waals surface area (Å²) in [5, 5.41) is 6.89. The molecule has 2 N–H and O–H groups in total. The number of anilines is 1. The number of carbonyl (C=O) groups is 2. The number of hydrogen-bond donors (Lipinski definition) is 2. The summed E-state index contributed by atoms with van der Waals surface area (Å²) >= 11 is 3.30. The zero-order chi connectivity index (χ0) is 23.3. The number of benzene rings is 2. The van der Waals surface area contributed by atoms with E-state index in [1.807, 2.05) is 6.07 Å². The second-order valence-electron chi connectivity index (χ2n) is 7.57. The summed E-state index contributed by atoms with van der Waals surface area (Å²) in [6.07, 6.45) is 0.850. The molecule has 0 spiro atoms. The third kappa shape index (κ3) is 6.02. The molecule has 10 heteroatoms. The van der Waals surface area contributed by atoms with Gasteiger partial charge in [0.1, 0.15) is 0 Å². The smallest absolute Gasteiger partial charge is 0.243 e. The predicted octanol–water partition coefficient (Wildman–Crippen LogP) is 3.35. The minimum atomic E-state index is -3.58. The molecular weight excluding hydrogens is 496 g/mol. The summed E-state index contributed by atoms with van der Waals surface area (Å²) < 4.78 is 27.8. The van der Waals surface area contributed by atoms with E-state index in [0.29, 0.717) is 24.2 Å². The van der Waals surface area contributed by atoms with Crippen molar-refractivity contribution in [3.05, 3.63) is 58.6 Å². The number of nitrogens with one attached hydrogen (secondary N) is 2. The van der Waals surface area contributed by atoms with E-state index < -0.39 is 10.0 Å². The van der Waals surface area contributed by atoms with E-state index in [-0.39, 0.29) is 35.7 Å². The first-order chi connectivity index (χ1) is 15.2. The topological polar surface area (TPSA) is 108 Å². The third-order valence-corrected chi connectivity index (χ3v) is 7.65. The van der Waals surface area contributed by atoms with Crippen molar-refractivity contribution in [3.8, 4) is 0 Å². The Kier molecular flexibility index (Phi) is 7.81. The van der Waals surface area contributed by atoms with E-state index in [1.165, 1.54) is 11.2 Å². The van der Waals surface area contributed by atoms with Crippen LogP contribution in [0.3, 0.4) is 0 Å². The molecule has 170 valence electrons. The van der Waals surface area contributed by atoms with Crippen LogP contribution in [0.4, 0.5) is 5.69 Å². The van der Waals surface area contributed by atoms with Crippen LogP contribution in [-0.4, -0.2) is 43.3 Å². The number of sulfonamides is 1. The number of hydrazone groups is 1. The number of nitrogens with zero attached hydrogens (tertiary/aromatic N) is 2. The fraction of sp³-hybridized carbons (Fsp3) is 0.318. The first-order valence-electron chi connectivity index (χ1n) is 10.1. The first kappa shape index (κ1) is 24.1. The Labute approximate surface area is 196 Å². The van der Waals surface area contributed by atoms with Crippen LogP contribution in [0.2, 0.25) is 0 Å². The number of halogens is 1. The molecule has 0 saturated carbocycles. The molecule has 2 amide bonds. The van der Waals surface area contributed by atoms with Crippen LogP contribution in [0.15, 0.2) is 63.0 Å². The zero-order valence-electron chi connectivity index (χ0n) is 17.8. The lowest BCUT2D eigenvalue weighted by molar-refractivity contribution is -0.126. The average Bonchev–Trinajstić information content (AvgIpc) is 2.77. The molecule has 1 aliphatic rings. The molecule has 32 heavy (non-hydrogen) atoms. The van der Waals surface area contributed by atoms with Crippen LogP contribution >= 0.6 is 15.9 Å². The van der Waals surface area contributed by atoms with Gasteiger partial charge in [0, 0.05) is 36.1 Å². The fourth-order valence-electron chi connectivity index (χ4n) is 3.43. The van der Waals surface area contributed by atoms with Crippen LogP contribution in [0.5, 0.6) is 0 Å². The molecule has 0 unspecified atom stereocenters. The van der Waals surface area contributed by atoms with Crippen molar-refractivity contribution in [2.75, 3.05) is 18.4 Å². The molecule has 1 heterocycles. The van der Waals surface area contributed by atoms with Gasteiger partial charge in [-0.25, -0.2) is 13.8 Å². The summed E-state index contributed by atoms with van der Waals surface area (Å²) in [6, 6.07) is 13.7. The molecule has 1 fully saturated rings. The second kappa shape index (κ2) is 10.4. The SMILES string of the molecule is CC(=O)Nc1cccc(/C(C)=N/NC(=O)C2CCN(S(=O)(=O)c3ccc(Br)cc3)CC2)c1. The summed E-state index contributed by atoms with van der Waals surface area (Å²) in [6.45, 7) is 3.75. The maximum Gasteiger partial charge on any atom is 0.243 e. The predicted molar refractivity (Wildman–Crippen MR) is 127 cm³/mol. The highest BCUT2D eigenvalue weighted by Gasteiger charge is 2.32. The molecule has 3 rings (SSSR count). The monoisotopic (exact) mass is 520 g/mol. The largest absolute Gasteiger partial charge is 0.326 e. The minimum absolute atomic E-state index is 0.168. The quantitative estimate of drug-likeness (QED) is 0.449. The number of rotatable bonds is 6. The average molecular weight is 521 g/mol. The summed E-state index contributed by atoms with van der Waals surface area (Å²) in [5.74, 6) is -0.713. The lowest BCUT2D eigenvalue weighted by atomic mass is 9.98. The Bertz CT molecular complexity index is 1120. The number of carbonyl (C=O) groups excluding carboxylic acids is 2. The van der Waals surface area contributed by atoms with Gasteiger partial charge < -0.3 is 5.32 Å². The van der Waals surface area contributed by atoms with Crippen molar-refractivity contribution >= 4 is 49.2 Å². The molecule has 2 aromatic rings. The van der Waals surface area contributed by atoms with Gasteiger partial charge >= 0.3 is 0 Å². The number of amides is 2. The van der Waals surface area contributed by atoms with Crippen molar-refractivity contribution in [2.45, 2.75) is 31.6 Å². The molecule has 0 aromatic heterocycles. The lowest BCUT2D eigenvalue weighted by Crippen LogP contribution is -2.42. The van der Waals surface area contributed by atoms with Crippen LogP contribution in [0.25, 0.3) is 0 Å². The maximum absolute atomic E-state index is 12.8. The zero-order valence-corrected chi connectivity index (χ0v) is 20.2. The number of piperidine rings is 1. The molecule has 2 aromatic carbocycles. The van der Waals surface area contributed by atoms with Gasteiger partial charge in [-0.05, 0) is 61.7 Å². The standard InChI is InChI=1S/C22H25BrN4O4S/c1-15(18-4-3-5-20(14-18)24-16(2)28)25-26-22(29)17-10-12-27(13-11-17)32(30,31)21-8-6-19(23)7-9-21/h3-9,14,17H,10-13H2,1-2H3,(H,24,28)(H,26,29)/b25-15+. The van der Waals surface area contributed by atoms with Crippen molar-refractivity contribution in [1.29, 1.82) is 0 Å². The van der Waals surface area contributed by atoms with Crippen LogP contribution < -0.4 is 10.7 Å². The highest BCUT2D eigenvalue weighted by Crippen LogP contribution is 2.25. The van der Waals surface area contributed by atoms with E-state index in [4.69, 9.17) is 0 Å².